The van der Waals surface area contributed by atoms with Crippen LogP contribution >= 0.6 is 11.3 Å². The normalized spacial score (nSPS) is 10.8. The maximum absolute atomic E-state index is 11.8. The lowest BCUT2D eigenvalue weighted by molar-refractivity contribution is 0.0681. The van der Waals surface area contributed by atoms with Gasteiger partial charge in [0.05, 0.1) is 0 Å². The van der Waals surface area contributed by atoms with Crippen LogP contribution in [0.25, 0.3) is 0 Å². The van der Waals surface area contributed by atoms with Gasteiger partial charge in [-0.3, -0.25) is 4.79 Å². The third-order valence-corrected chi connectivity index (χ3v) is 1.80. The lowest BCUT2D eigenvalue weighted by atomic mass is 10.6. The average molecular weight is 165 g/mol. The van der Waals surface area contributed by atoms with Crippen molar-refractivity contribution in [1.29, 1.82) is 0 Å². The van der Waals surface area contributed by atoms with Gasteiger partial charge < -0.3 is 0 Å². The molecule has 0 spiro atoms. The highest BCUT2D eigenvalue weighted by molar-refractivity contribution is 7.09. The molecule has 0 N–H and O–H groups in total. The van der Waals surface area contributed by atoms with Crippen LogP contribution in [0.3, 0.4) is 0 Å². The second-order valence-electron chi connectivity index (χ2n) is 1.79. The minimum atomic E-state index is -2.71. The molecule has 0 saturated heterocycles. The van der Waals surface area contributed by atoms with E-state index in [1.54, 1.807) is 6.92 Å². The van der Waals surface area contributed by atoms with Crippen molar-refractivity contribution in [2.45, 2.75) is 13.5 Å². The van der Waals surface area contributed by atoms with Crippen LogP contribution in [0.5, 0.6) is 0 Å². The number of halogens is 2. The Hall–Kier alpha value is -0.710. The number of aromatic nitrogens is 1. The fraction of sp³-hybridized carbons (Fsp3) is 0.400. The molecule has 0 amide bonds. The Morgan fingerprint density at radius 1 is 1.70 bits per heavy atom. The molecule has 1 heterocycles. The molecule has 0 saturated carbocycles. The molecule has 5 heteroatoms. The minimum Gasteiger partial charge on any atom is -0.256 e. The zero-order chi connectivity index (χ0) is 7.72. The quantitative estimate of drug-likeness (QED) is 0.619. The van der Waals surface area contributed by atoms with E-state index in [9.17, 15) is 13.6 Å². The van der Waals surface area contributed by atoms with E-state index >= 15 is 0 Å². The molecule has 1 rings (SSSR count). The number of rotatable bonds is 1. The smallest absolute Gasteiger partial charge is 0.256 e. The largest absolute Gasteiger partial charge is 0.322 e. The van der Waals surface area contributed by atoms with Crippen molar-refractivity contribution in [3.8, 4) is 0 Å². The van der Waals surface area contributed by atoms with Gasteiger partial charge in [0.25, 0.3) is 0 Å². The molecule has 10 heavy (non-hydrogen) atoms. The highest BCUT2D eigenvalue weighted by Gasteiger charge is 2.08. The molecular formula is C5H5F2NOS. The molecular weight excluding hydrogens is 160 g/mol. The van der Waals surface area contributed by atoms with Crippen molar-refractivity contribution in [3.63, 3.8) is 0 Å². The third-order valence-electron chi connectivity index (χ3n) is 0.990. The fourth-order valence-electron chi connectivity index (χ4n) is 0.601. The van der Waals surface area contributed by atoms with Crippen molar-refractivity contribution < 1.29 is 8.78 Å². The lowest BCUT2D eigenvalue weighted by Gasteiger charge is -1.94. The monoisotopic (exact) mass is 165 g/mol. The number of thiazole rings is 1. The van der Waals surface area contributed by atoms with Crippen LogP contribution in [0.4, 0.5) is 8.78 Å². The molecule has 1 aromatic heterocycles. The van der Waals surface area contributed by atoms with Crippen LogP contribution in [0.1, 0.15) is 11.4 Å². The highest BCUT2D eigenvalue weighted by atomic mass is 32.1. The van der Waals surface area contributed by atoms with E-state index in [4.69, 9.17) is 0 Å². The van der Waals surface area contributed by atoms with Crippen LogP contribution in [-0.4, -0.2) is 4.57 Å². The van der Waals surface area contributed by atoms with Gasteiger partial charge in [0.15, 0.2) is 0 Å². The topological polar surface area (TPSA) is 22.0 Å². The summed E-state index contributed by atoms with van der Waals surface area (Å²) in [6.07, 6.45) is 1.15. The number of nitrogens with zero attached hydrogens (tertiary/aromatic N) is 1. The van der Waals surface area contributed by atoms with Crippen molar-refractivity contribution in [3.05, 3.63) is 20.7 Å². The van der Waals surface area contributed by atoms with Gasteiger partial charge in [0, 0.05) is 11.1 Å². The van der Waals surface area contributed by atoms with Crippen LogP contribution in [0.15, 0.2) is 11.0 Å². The summed E-state index contributed by atoms with van der Waals surface area (Å²) in [5.74, 6) is 0. The van der Waals surface area contributed by atoms with Crippen LogP contribution in [-0.2, 0) is 0 Å². The standard InChI is InChI=1S/C5H5F2NOS/c1-3-2-8(4(6)7)5(9)10-3/h2,4H,1H3. The summed E-state index contributed by atoms with van der Waals surface area (Å²) in [6, 6.07) is 0. The maximum atomic E-state index is 11.8. The van der Waals surface area contributed by atoms with Gasteiger partial charge in [-0.05, 0) is 6.92 Å². The van der Waals surface area contributed by atoms with Crippen molar-refractivity contribution in [1.82, 2.24) is 4.57 Å². The molecule has 0 atom stereocenters. The van der Waals surface area contributed by atoms with Gasteiger partial charge in [-0.2, -0.15) is 8.78 Å². The van der Waals surface area contributed by atoms with Crippen molar-refractivity contribution in [2.75, 3.05) is 0 Å². The first-order valence-corrected chi connectivity index (χ1v) is 3.39. The van der Waals surface area contributed by atoms with Crippen molar-refractivity contribution >= 4 is 11.3 Å². The predicted octanol–water partition coefficient (Wildman–Crippen LogP) is 1.61. The maximum Gasteiger partial charge on any atom is 0.322 e. The number of aryl methyl sites for hydroxylation is 1. The van der Waals surface area contributed by atoms with Crippen LogP contribution < -0.4 is 4.87 Å². The highest BCUT2D eigenvalue weighted by Crippen LogP contribution is 2.10. The molecule has 0 unspecified atom stereocenters. The summed E-state index contributed by atoms with van der Waals surface area (Å²) >= 11 is 0.825. The second-order valence-corrected chi connectivity index (χ2v) is 2.99. The van der Waals surface area contributed by atoms with E-state index in [-0.39, 0.29) is 0 Å². The van der Waals surface area contributed by atoms with Gasteiger partial charge in [-0.25, -0.2) is 4.57 Å². The van der Waals surface area contributed by atoms with Gasteiger partial charge in [-0.15, -0.1) is 0 Å². The molecule has 0 aromatic carbocycles. The Morgan fingerprint density at radius 3 is 2.50 bits per heavy atom. The third kappa shape index (κ3) is 1.23. The van der Waals surface area contributed by atoms with Crippen LogP contribution in [0, 0.1) is 6.92 Å². The van der Waals surface area contributed by atoms with E-state index in [0.717, 1.165) is 17.5 Å². The Bertz CT molecular complexity index is 277. The van der Waals surface area contributed by atoms with E-state index < -0.39 is 11.4 Å². The summed E-state index contributed by atoms with van der Waals surface area (Å²) in [6.45, 7) is -1.09. The van der Waals surface area contributed by atoms with Gasteiger partial charge in [0.2, 0.25) is 0 Å². The first-order chi connectivity index (χ1) is 4.61. The minimum absolute atomic E-state index is 0.417. The SMILES string of the molecule is Cc1cn(C(F)F)c(=O)s1. The predicted molar refractivity (Wildman–Crippen MR) is 34.6 cm³/mol. The first-order valence-electron chi connectivity index (χ1n) is 2.58. The Labute approximate surface area is 59.7 Å². The summed E-state index contributed by atoms with van der Waals surface area (Å²) in [5, 5.41) is 0. The van der Waals surface area contributed by atoms with E-state index in [2.05, 4.69) is 0 Å². The van der Waals surface area contributed by atoms with E-state index in [1.807, 2.05) is 0 Å². The summed E-state index contributed by atoms with van der Waals surface area (Å²) in [4.78, 5) is 10.6. The molecule has 0 aliphatic carbocycles. The van der Waals surface area contributed by atoms with Gasteiger partial charge in [0.1, 0.15) is 0 Å². The van der Waals surface area contributed by atoms with E-state index in [1.165, 1.54) is 0 Å². The van der Waals surface area contributed by atoms with Crippen molar-refractivity contribution in [2.24, 2.45) is 0 Å². The molecule has 1 aromatic rings. The van der Waals surface area contributed by atoms with Gasteiger partial charge >= 0.3 is 11.4 Å². The zero-order valence-electron chi connectivity index (χ0n) is 5.17. The Kier molecular flexibility index (Phi) is 1.85. The summed E-state index contributed by atoms with van der Waals surface area (Å²) in [7, 11) is 0. The Balaban J connectivity index is 3.16. The average Bonchev–Trinajstić information content (AvgIpc) is 2.10. The van der Waals surface area contributed by atoms with Gasteiger partial charge in [-0.1, -0.05) is 11.3 Å². The molecule has 56 valence electrons. The molecule has 0 bridgehead atoms. The number of alkyl halides is 2. The fourth-order valence-corrected chi connectivity index (χ4v) is 1.28. The summed E-state index contributed by atoms with van der Waals surface area (Å²) < 4.78 is 24.0. The molecule has 0 radical (unpaired) electrons. The first kappa shape index (κ1) is 7.40. The summed E-state index contributed by atoms with van der Waals surface area (Å²) in [5.41, 5.74) is 0. The molecule has 2 nitrogen and oxygen atoms in total. The second kappa shape index (κ2) is 2.49. The van der Waals surface area contributed by atoms with Crippen LogP contribution in [0.2, 0.25) is 0 Å². The zero-order valence-corrected chi connectivity index (χ0v) is 5.99. The number of hydrogen-bond acceptors (Lipinski definition) is 2. The molecule has 0 fully saturated rings. The molecule has 0 aliphatic heterocycles. The number of hydrogen-bond donors (Lipinski definition) is 0. The van der Waals surface area contributed by atoms with E-state index in [0.29, 0.717) is 9.44 Å². The lowest BCUT2D eigenvalue weighted by Crippen LogP contribution is -2.11. The molecule has 0 aliphatic rings. The Morgan fingerprint density at radius 2 is 2.30 bits per heavy atom.